The summed E-state index contributed by atoms with van der Waals surface area (Å²) < 4.78 is 43.3. The van der Waals surface area contributed by atoms with E-state index in [0.29, 0.717) is 6.54 Å². The van der Waals surface area contributed by atoms with Crippen LogP contribution in [-0.4, -0.2) is 35.2 Å². The molecule has 1 aliphatic rings. The molecule has 1 atom stereocenters. The van der Waals surface area contributed by atoms with Gasteiger partial charge in [0.1, 0.15) is 0 Å². The van der Waals surface area contributed by atoms with Gasteiger partial charge in [0.05, 0.1) is 5.56 Å². The molecule has 1 aromatic carbocycles. The molecule has 0 unspecified atom stereocenters. The number of halogens is 3. The molecule has 23 heavy (non-hydrogen) atoms. The standard InChI is InChI=1S/C14H13F3N4O2/c15-14(16,17)9-3-1-2-8(6-9)12-20-21-13(23-12)11(22)19-10-4-5-18-7-10/h1-3,6,10,18H,4-5,7H2,(H,19,22)/t10-/m1/s1. The highest BCUT2D eigenvalue weighted by molar-refractivity contribution is 5.89. The summed E-state index contributed by atoms with van der Waals surface area (Å²) in [5.41, 5.74) is -0.717. The Balaban J connectivity index is 1.77. The van der Waals surface area contributed by atoms with E-state index < -0.39 is 17.6 Å². The van der Waals surface area contributed by atoms with Crippen LogP contribution in [0.25, 0.3) is 11.5 Å². The average molecular weight is 326 g/mol. The van der Waals surface area contributed by atoms with Gasteiger partial charge in [-0.3, -0.25) is 4.79 Å². The number of rotatable bonds is 3. The second kappa shape index (κ2) is 5.99. The van der Waals surface area contributed by atoms with Gasteiger partial charge >= 0.3 is 18.0 Å². The second-order valence-corrected chi connectivity index (χ2v) is 5.15. The molecule has 2 aromatic rings. The number of nitrogens with one attached hydrogen (secondary N) is 2. The van der Waals surface area contributed by atoms with Crippen LogP contribution in [0.5, 0.6) is 0 Å². The van der Waals surface area contributed by atoms with E-state index in [1.54, 1.807) is 0 Å². The predicted octanol–water partition coefficient (Wildman–Crippen LogP) is 1.85. The smallest absolute Gasteiger partial charge is 0.412 e. The van der Waals surface area contributed by atoms with Crippen molar-refractivity contribution in [3.63, 3.8) is 0 Å². The molecule has 6 nitrogen and oxygen atoms in total. The fourth-order valence-electron chi connectivity index (χ4n) is 2.29. The van der Waals surface area contributed by atoms with Gasteiger partial charge in [-0.2, -0.15) is 13.2 Å². The van der Waals surface area contributed by atoms with Crippen LogP contribution in [0.3, 0.4) is 0 Å². The lowest BCUT2D eigenvalue weighted by Crippen LogP contribution is -2.36. The van der Waals surface area contributed by atoms with Crippen LogP contribution in [0.1, 0.15) is 22.7 Å². The Labute approximate surface area is 129 Å². The molecule has 1 amide bonds. The minimum atomic E-state index is -4.47. The molecule has 1 fully saturated rings. The molecular formula is C14H13F3N4O2. The normalized spacial score (nSPS) is 18.1. The molecule has 0 radical (unpaired) electrons. The number of carbonyl (C=O) groups is 1. The van der Waals surface area contributed by atoms with Crippen LogP contribution in [0.2, 0.25) is 0 Å². The molecular weight excluding hydrogens is 313 g/mol. The van der Waals surface area contributed by atoms with Crippen molar-refractivity contribution >= 4 is 5.91 Å². The number of carbonyl (C=O) groups excluding carboxylic acids is 1. The minimum Gasteiger partial charge on any atom is -0.412 e. The SMILES string of the molecule is O=C(N[C@@H]1CCNC1)c1nnc(-c2cccc(C(F)(F)F)c2)o1. The summed E-state index contributed by atoms with van der Waals surface area (Å²) in [5, 5.41) is 13.1. The van der Waals surface area contributed by atoms with E-state index in [1.165, 1.54) is 12.1 Å². The van der Waals surface area contributed by atoms with Crippen LogP contribution >= 0.6 is 0 Å². The highest BCUT2D eigenvalue weighted by Crippen LogP contribution is 2.31. The van der Waals surface area contributed by atoms with E-state index in [-0.39, 0.29) is 23.4 Å². The van der Waals surface area contributed by atoms with E-state index in [4.69, 9.17) is 4.42 Å². The van der Waals surface area contributed by atoms with Gasteiger partial charge in [0.25, 0.3) is 0 Å². The van der Waals surface area contributed by atoms with Crippen molar-refractivity contribution in [2.75, 3.05) is 13.1 Å². The topological polar surface area (TPSA) is 80.0 Å². The van der Waals surface area contributed by atoms with E-state index >= 15 is 0 Å². The molecule has 9 heteroatoms. The number of nitrogens with zero attached hydrogens (tertiary/aromatic N) is 2. The van der Waals surface area contributed by atoms with Gasteiger partial charge in [-0.05, 0) is 31.2 Å². The Bertz CT molecular complexity index is 708. The van der Waals surface area contributed by atoms with Crippen molar-refractivity contribution in [3.8, 4) is 11.5 Å². The first-order chi connectivity index (χ1) is 10.9. The van der Waals surface area contributed by atoms with Gasteiger partial charge in [0.15, 0.2) is 0 Å². The summed E-state index contributed by atoms with van der Waals surface area (Å²) in [6.07, 6.45) is -3.67. The third-order valence-corrected chi connectivity index (χ3v) is 3.45. The van der Waals surface area contributed by atoms with Gasteiger partial charge in [-0.25, -0.2) is 0 Å². The Hall–Kier alpha value is -2.42. The van der Waals surface area contributed by atoms with E-state index in [2.05, 4.69) is 20.8 Å². The zero-order chi connectivity index (χ0) is 16.4. The first-order valence-corrected chi connectivity index (χ1v) is 6.96. The maximum absolute atomic E-state index is 12.7. The van der Waals surface area contributed by atoms with Crippen molar-refractivity contribution in [1.82, 2.24) is 20.8 Å². The monoisotopic (exact) mass is 326 g/mol. The van der Waals surface area contributed by atoms with Gasteiger partial charge in [-0.15, -0.1) is 10.2 Å². The first-order valence-electron chi connectivity index (χ1n) is 6.96. The molecule has 2 heterocycles. The third-order valence-electron chi connectivity index (χ3n) is 3.45. The van der Waals surface area contributed by atoms with Crippen LogP contribution < -0.4 is 10.6 Å². The van der Waals surface area contributed by atoms with Crippen LogP contribution in [0.4, 0.5) is 13.2 Å². The summed E-state index contributed by atoms with van der Waals surface area (Å²) in [5.74, 6) is -0.945. The fraction of sp³-hybridized carbons (Fsp3) is 0.357. The Morgan fingerprint density at radius 2 is 2.17 bits per heavy atom. The first kappa shape index (κ1) is 15.5. The summed E-state index contributed by atoms with van der Waals surface area (Å²) in [4.78, 5) is 12.0. The molecule has 0 saturated carbocycles. The lowest BCUT2D eigenvalue weighted by Gasteiger charge is -2.08. The Kier molecular flexibility index (Phi) is 4.03. The minimum absolute atomic E-state index is 0.0218. The lowest BCUT2D eigenvalue weighted by molar-refractivity contribution is -0.137. The van der Waals surface area contributed by atoms with Crippen molar-refractivity contribution in [1.29, 1.82) is 0 Å². The van der Waals surface area contributed by atoms with Crippen molar-refractivity contribution < 1.29 is 22.4 Å². The molecule has 3 rings (SSSR count). The van der Waals surface area contributed by atoms with Crippen LogP contribution in [0.15, 0.2) is 28.7 Å². The van der Waals surface area contributed by atoms with Gasteiger partial charge in [-0.1, -0.05) is 6.07 Å². The van der Waals surface area contributed by atoms with Crippen LogP contribution in [-0.2, 0) is 6.18 Å². The summed E-state index contributed by atoms with van der Waals surface area (Å²) >= 11 is 0. The van der Waals surface area contributed by atoms with E-state index in [9.17, 15) is 18.0 Å². The van der Waals surface area contributed by atoms with Crippen molar-refractivity contribution in [2.24, 2.45) is 0 Å². The molecule has 2 N–H and O–H groups in total. The molecule has 0 bridgehead atoms. The summed E-state index contributed by atoms with van der Waals surface area (Å²) in [6, 6.07) is 4.47. The predicted molar refractivity (Wildman–Crippen MR) is 73.5 cm³/mol. The Morgan fingerprint density at radius 3 is 2.87 bits per heavy atom. The number of aromatic nitrogens is 2. The maximum Gasteiger partial charge on any atom is 0.416 e. The van der Waals surface area contributed by atoms with E-state index in [0.717, 1.165) is 25.1 Å². The zero-order valence-corrected chi connectivity index (χ0v) is 11.9. The van der Waals surface area contributed by atoms with Crippen molar-refractivity contribution in [2.45, 2.75) is 18.6 Å². The molecule has 1 saturated heterocycles. The van der Waals surface area contributed by atoms with Gasteiger partial charge < -0.3 is 15.1 Å². The van der Waals surface area contributed by atoms with E-state index in [1.807, 2.05) is 0 Å². The zero-order valence-electron chi connectivity index (χ0n) is 11.9. The molecule has 0 aliphatic carbocycles. The average Bonchev–Trinajstić information content (AvgIpc) is 3.17. The largest absolute Gasteiger partial charge is 0.416 e. The molecule has 0 spiro atoms. The Morgan fingerprint density at radius 1 is 1.35 bits per heavy atom. The number of alkyl halides is 3. The van der Waals surface area contributed by atoms with Gasteiger partial charge in [0.2, 0.25) is 5.89 Å². The summed E-state index contributed by atoms with van der Waals surface area (Å²) in [6.45, 7) is 1.46. The molecule has 122 valence electrons. The third kappa shape index (κ3) is 3.50. The number of amides is 1. The van der Waals surface area contributed by atoms with Gasteiger partial charge in [0, 0.05) is 18.2 Å². The second-order valence-electron chi connectivity index (χ2n) is 5.15. The molecule has 1 aromatic heterocycles. The molecule has 1 aliphatic heterocycles. The summed E-state index contributed by atoms with van der Waals surface area (Å²) in [7, 11) is 0. The van der Waals surface area contributed by atoms with Crippen LogP contribution in [0, 0.1) is 0 Å². The lowest BCUT2D eigenvalue weighted by atomic mass is 10.1. The number of hydrogen-bond donors (Lipinski definition) is 2. The number of hydrogen-bond acceptors (Lipinski definition) is 5. The van der Waals surface area contributed by atoms with Crippen molar-refractivity contribution in [3.05, 3.63) is 35.7 Å². The maximum atomic E-state index is 12.7. The quantitative estimate of drug-likeness (QED) is 0.900. The number of benzene rings is 1. The highest BCUT2D eigenvalue weighted by Gasteiger charge is 2.31. The highest BCUT2D eigenvalue weighted by atomic mass is 19.4. The fourth-order valence-corrected chi connectivity index (χ4v) is 2.29.